The number of carbonyl (C=O) groups is 2. The maximum absolute atomic E-state index is 11.1. The molecule has 1 atom stereocenters. The maximum atomic E-state index is 11.1. The van der Waals surface area contributed by atoms with Crippen molar-refractivity contribution in [3.63, 3.8) is 0 Å². The van der Waals surface area contributed by atoms with E-state index >= 15 is 0 Å². The molecule has 0 amide bonds. The fourth-order valence-electron chi connectivity index (χ4n) is 1.15. The molecule has 0 aliphatic carbocycles. The summed E-state index contributed by atoms with van der Waals surface area (Å²) in [5.74, 6) is -0.539. The molecule has 0 spiro atoms. The van der Waals surface area contributed by atoms with E-state index in [1.165, 1.54) is 6.08 Å². The van der Waals surface area contributed by atoms with Crippen molar-refractivity contribution in [2.24, 2.45) is 0 Å². The maximum Gasteiger partial charge on any atom is 0.335 e. The molecule has 1 saturated heterocycles. The topological polar surface area (TPSA) is 64.6 Å². The SMILES string of the molecule is C=CCOC(=O)CC[C@@H]1NC(=C)OC1=O. The van der Waals surface area contributed by atoms with E-state index in [9.17, 15) is 9.59 Å². The normalized spacial score (nSPS) is 19.3. The van der Waals surface area contributed by atoms with Crippen molar-refractivity contribution >= 4 is 11.9 Å². The minimum absolute atomic E-state index is 0.161. The van der Waals surface area contributed by atoms with Crippen LogP contribution in [0.3, 0.4) is 0 Å². The van der Waals surface area contributed by atoms with Gasteiger partial charge < -0.3 is 14.8 Å². The van der Waals surface area contributed by atoms with E-state index in [2.05, 4.69) is 23.2 Å². The Labute approximate surface area is 87.7 Å². The van der Waals surface area contributed by atoms with Crippen molar-refractivity contribution < 1.29 is 19.1 Å². The van der Waals surface area contributed by atoms with E-state index in [0.717, 1.165) is 0 Å². The predicted octanol–water partition coefficient (Wildman–Crippen LogP) is 0.482. The highest BCUT2D eigenvalue weighted by Crippen LogP contribution is 2.11. The van der Waals surface area contributed by atoms with Crippen LogP contribution in [0.15, 0.2) is 25.1 Å². The van der Waals surface area contributed by atoms with Gasteiger partial charge in [0.1, 0.15) is 12.6 Å². The molecule has 0 aromatic carbocycles. The van der Waals surface area contributed by atoms with Gasteiger partial charge in [-0.3, -0.25) is 4.79 Å². The minimum atomic E-state index is -0.492. The van der Waals surface area contributed by atoms with Crippen LogP contribution >= 0.6 is 0 Å². The predicted molar refractivity (Wildman–Crippen MR) is 52.5 cm³/mol. The first-order valence-electron chi connectivity index (χ1n) is 4.57. The summed E-state index contributed by atoms with van der Waals surface area (Å²) in [5, 5.41) is 2.72. The number of ether oxygens (including phenoxy) is 2. The molecule has 0 unspecified atom stereocenters. The molecule has 1 aliphatic rings. The van der Waals surface area contributed by atoms with Crippen LogP contribution in [0.2, 0.25) is 0 Å². The molecule has 5 nitrogen and oxygen atoms in total. The number of hydrogen-bond donors (Lipinski definition) is 1. The zero-order chi connectivity index (χ0) is 11.3. The molecular formula is C10H13NO4. The van der Waals surface area contributed by atoms with Crippen LogP contribution in [0.25, 0.3) is 0 Å². The number of carbonyl (C=O) groups excluding carboxylic acids is 2. The summed E-state index contributed by atoms with van der Waals surface area (Å²) in [6.45, 7) is 7.05. The molecule has 0 radical (unpaired) electrons. The highest BCUT2D eigenvalue weighted by atomic mass is 16.6. The van der Waals surface area contributed by atoms with Gasteiger partial charge in [0.25, 0.3) is 0 Å². The molecule has 1 N–H and O–H groups in total. The van der Waals surface area contributed by atoms with Crippen molar-refractivity contribution in [3.05, 3.63) is 25.1 Å². The van der Waals surface area contributed by atoms with Gasteiger partial charge in [0.15, 0.2) is 5.88 Å². The summed E-state index contributed by atoms with van der Waals surface area (Å²) in [6, 6.07) is -0.492. The van der Waals surface area contributed by atoms with Gasteiger partial charge in [-0.1, -0.05) is 12.7 Å². The Morgan fingerprint density at radius 2 is 2.40 bits per heavy atom. The van der Waals surface area contributed by atoms with Gasteiger partial charge in [-0.05, 0) is 13.0 Å². The van der Waals surface area contributed by atoms with Crippen LogP contribution in [-0.2, 0) is 19.1 Å². The number of rotatable bonds is 5. The lowest BCUT2D eigenvalue weighted by molar-refractivity contribution is -0.142. The van der Waals surface area contributed by atoms with E-state index in [4.69, 9.17) is 4.74 Å². The molecule has 1 fully saturated rings. The van der Waals surface area contributed by atoms with Crippen molar-refractivity contribution in [3.8, 4) is 0 Å². The highest BCUT2D eigenvalue weighted by molar-refractivity contribution is 5.80. The minimum Gasteiger partial charge on any atom is -0.461 e. The Morgan fingerprint density at radius 3 is 2.93 bits per heavy atom. The Bertz CT molecular complexity index is 298. The van der Waals surface area contributed by atoms with E-state index in [1.54, 1.807) is 0 Å². The first-order chi connectivity index (χ1) is 7.13. The molecule has 82 valence electrons. The zero-order valence-electron chi connectivity index (χ0n) is 8.32. The Hall–Kier alpha value is -1.78. The van der Waals surface area contributed by atoms with Gasteiger partial charge in [-0.25, -0.2) is 4.79 Å². The second-order valence-electron chi connectivity index (χ2n) is 3.05. The number of hydrogen-bond acceptors (Lipinski definition) is 5. The fourth-order valence-corrected chi connectivity index (χ4v) is 1.15. The average Bonchev–Trinajstić information content (AvgIpc) is 2.51. The first-order valence-corrected chi connectivity index (χ1v) is 4.57. The van der Waals surface area contributed by atoms with Crippen LogP contribution in [-0.4, -0.2) is 24.6 Å². The monoisotopic (exact) mass is 211 g/mol. The zero-order valence-corrected chi connectivity index (χ0v) is 8.32. The molecule has 0 aromatic heterocycles. The summed E-state index contributed by atoms with van der Waals surface area (Å²) in [6.07, 6.45) is 1.99. The lowest BCUT2D eigenvalue weighted by Crippen LogP contribution is -2.27. The largest absolute Gasteiger partial charge is 0.461 e. The van der Waals surface area contributed by atoms with Gasteiger partial charge in [-0.2, -0.15) is 0 Å². The molecule has 0 aromatic rings. The molecule has 15 heavy (non-hydrogen) atoms. The van der Waals surface area contributed by atoms with E-state index in [0.29, 0.717) is 6.42 Å². The van der Waals surface area contributed by atoms with Gasteiger partial charge in [0.05, 0.1) is 0 Å². The van der Waals surface area contributed by atoms with Gasteiger partial charge >= 0.3 is 11.9 Å². The van der Waals surface area contributed by atoms with E-state index in [1.807, 2.05) is 0 Å². The van der Waals surface area contributed by atoms with Gasteiger partial charge in [-0.15, -0.1) is 0 Å². The van der Waals surface area contributed by atoms with Crippen LogP contribution < -0.4 is 5.32 Å². The Balaban J connectivity index is 2.25. The number of esters is 2. The quantitative estimate of drug-likeness (QED) is 0.529. The molecule has 5 heteroatoms. The second kappa shape index (κ2) is 5.19. The third-order valence-electron chi connectivity index (χ3n) is 1.84. The van der Waals surface area contributed by atoms with Crippen molar-refractivity contribution in [2.75, 3.05) is 6.61 Å². The lowest BCUT2D eigenvalue weighted by Gasteiger charge is -2.05. The third-order valence-corrected chi connectivity index (χ3v) is 1.84. The Morgan fingerprint density at radius 1 is 1.67 bits per heavy atom. The molecular weight excluding hydrogens is 198 g/mol. The average molecular weight is 211 g/mol. The van der Waals surface area contributed by atoms with Crippen molar-refractivity contribution in [1.82, 2.24) is 5.32 Å². The summed E-state index contributed by atoms with van der Waals surface area (Å²) in [5.41, 5.74) is 0. The third kappa shape index (κ3) is 3.46. The van der Waals surface area contributed by atoms with Crippen LogP contribution in [0, 0.1) is 0 Å². The molecule has 0 bridgehead atoms. The lowest BCUT2D eigenvalue weighted by atomic mass is 10.2. The van der Waals surface area contributed by atoms with Crippen LogP contribution in [0.5, 0.6) is 0 Å². The highest BCUT2D eigenvalue weighted by Gasteiger charge is 2.28. The molecule has 1 heterocycles. The fraction of sp³-hybridized carbons (Fsp3) is 0.400. The van der Waals surface area contributed by atoms with Crippen LogP contribution in [0.4, 0.5) is 0 Å². The van der Waals surface area contributed by atoms with Gasteiger partial charge in [0, 0.05) is 6.42 Å². The van der Waals surface area contributed by atoms with Crippen molar-refractivity contribution in [2.45, 2.75) is 18.9 Å². The van der Waals surface area contributed by atoms with Crippen molar-refractivity contribution in [1.29, 1.82) is 0 Å². The number of nitrogens with one attached hydrogen (secondary N) is 1. The summed E-state index contributed by atoms with van der Waals surface area (Å²) < 4.78 is 9.43. The molecule has 1 aliphatic heterocycles. The van der Waals surface area contributed by atoms with Crippen LogP contribution in [0.1, 0.15) is 12.8 Å². The number of cyclic esters (lactones) is 1. The van der Waals surface area contributed by atoms with Gasteiger partial charge in [0.2, 0.25) is 0 Å². The standard InChI is InChI=1S/C10H13NO4/c1-3-6-14-9(12)5-4-8-10(13)15-7(2)11-8/h3,8,11H,1-2,4-6H2/t8-/m0/s1. The first kappa shape index (κ1) is 11.3. The molecule has 1 rings (SSSR count). The summed E-state index contributed by atoms with van der Waals surface area (Å²) in [4.78, 5) is 22.2. The summed E-state index contributed by atoms with van der Waals surface area (Å²) >= 11 is 0. The van der Waals surface area contributed by atoms with E-state index in [-0.39, 0.29) is 24.9 Å². The van der Waals surface area contributed by atoms with E-state index < -0.39 is 12.0 Å². The Kier molecular flexibility index (Phi) is 3.91. The summed E-state index contributed by atoms with van der Waals surface area (Å²) in [7, 11) is 0. The molecule has 0 saturated carbocycles. The second-order valence-corrected chi connectivity index (χ2v) is 3.05. The smallest absolute Gasteiger partial charge is 0.335 e.